The van der Waals surface area contributed by atoms with Gasteiger partial charge in [-0.1, -0.05) is 6.07 Å². The number of aryl methyl sites for hydroxylation is 2. The fraction of sp³-hybridized carbons (Fsp3) is 0.357. The molecule has 108 valence electrons. The van der Waals surface area contributed by atoms with Crippen LogP contribution >= 0.6 is 0 Å². The van der Waals surface area contributed by atoms with E-state index in [0.29, 0.717) is 5.56 Å². The largest absolute Gasteiger partial charge is 0.416 e. The second kappa shape index (κ2) is 5.28. The molecule has 0 radical (unpaired) electrons. The maximum atomic E-state index is 12.7. The topological polar surface area (TPSA) is 29.9 Å². The Morgan fingerprint density at radius 1 is 1.30 bits per heavy atom. The highest BCUT2D eigenvalue weighted by Crippen LogP contribution is 2.32. The summed E-state index contributed by atoms with van der Waals surface area (Å²) in [6, 6.07) is 3.56. The van der Waals surface area contributed by atoms with E-state index in [1.54, 1.807) is 24.9 Å². The monoisotopic (exact) mass is 283 g/mol. The average Bonchev–Trinajstić information content (AvgIpc) is 2.77. The summed E-state index contributed by atoms with van der Waals surface area (Å²) in [5.74, 6) is 0. The molecule has 3 nitrogen and oxygen atoms in total. The zero-order valence-corrected chi connectivity index (χ0v) is 11.5. The summed E-state index contributed by atoms with van der Waals surface area (Å²) < 4.78 is 39.8. The van der Waals surface area contributed by atoms with Crippen LogP contribution in [0.15, 0.2) is 30.7 Å². The van der Waals surface area contributed by atoms with E-state index in [-0.39, 0.29) is 6.04 Å². The van der Waals surface area contributed by atoms with Gasteiger partial charge in [-0.05, 0) is 37.2 Å². The van der Waals surface area contributed by atoms with Crippen LogP contribution in [0, 0.1) is 6.92 Å². The van der Waals surface area contributed by atoms with Crippen molar-refractivity contribution in [3.05, 3.63) is 53.1 Å². The Balaban J connectivity index is 2.41. The van der Waals surface area contributed by atoms with Gasteiger partial charge in [0.1, 0.15) is 0 Å². The number of benzene rings is 1. The lowest BCUT2D eigenvalue weighted by molar-refractivity contribution is -0.137. The van der Waals surface area contributed by atoms with E-state index < -0.39 is 11.7 Å². The SMILES string of the molecule is CNC(c1cn(C)cn1)c1ccc(C(F)(F)F)cc1C. The predicted molar refractivity (Wildman–Crippen MR) is 70.3 cm³/mol. The molecule has 0 amide bonds. The first-order chi connectivity index (χ1) is 9.32. The minimum atomic E-state index is -4.32. The van der Waals surface area contributed by atoms with Gasteiger partial charge in [-0.15, -0.1) is 0 Å². The normalized spacial score (nSPS) is 13.5. The third-order valence-electron chi connectivity index (χ3n) is 3.22. The number of hydrogen-bond acceptors (Lipinski definition) is 2. The van der Waals surface area contributed by atoms with Crippen molar-refractivity contribution in [2.45, 2.75) is 19.1 Å². The van der Waals surface area contributed by atoms with Gasteiger partial charge in [0, 0.05) is 13.2 Å². The van der Waals surface area contributed by atoms with Gasteiger partial charge in [-0.25, -0.2) is 4.98 Å². The van der Waals surface area contributed by atoms with Crippen LogP contribution in [0.5, 0.6) is 0 Å². The minimum Gasteiger partial charge on any atom is -0.340 e. The number of aromatic nitrogens is 2. The molecule has 1 heterocycles. The molecule has 1 aromatic carbocycles. The van der Waals surface area contributed by atoms with Crippen LogP contribution in [0.4, 0.5) is 13.2 Å². The molecule has 0 aliphatic rings. The molecule has 0 aliphatic heterocycles. The molecular weight excluding hydrogens is 267 g/mol. The maximum absolute atomic E-state index is 12.7. The fourth-order valence-electron chi connectivity index (χ4n) is 2.22. The molecule has 0 aliphatic carbocycles. The highest BCUT2D eigenvalue weighted by atomic mass is 19.4. The Morgan fingerprint density at radius 3 is 2.45 bits per heavy atom. The zero-order valence-electron chi connectivity index (χ0n) is 11.5. The van der Waals surface area contributed by atoms with Crippen molar-refractivity contribution in [3.63, 3.8) is 0 Å². The van der Waals surface area contributed by atoms with Crippen LogP contribution < -0.4 is 5.32 Å². The molecule has 0 saturated carbocycles. The molecule has 20 heavy (non-hydrogen) atoms. The predicted octanol–water partition coefficient (Wildman–Crippen LogP) is 3.06. The number of hydrogen-bond donors (Lipinski definition) is 1. The van der Waals surface area contributed by atoms with E-state index >= 15 is 0 Å². The number of nitrogens with one attached hydrogen (secondary N) is 1. The van der Waals surface area contributed by atoms with Crippen molar-refractivity contribution in [1.29, 1.82) is 0 Å². The Kier molecular flexibility index (Phi) is 3.85. The van der Waals surface area contributed by atoms with Gasteiger partial charge in [0.15, 0.2) is 0 Å². The van der Waals surface area contributed by atoms with Crippen LogP contribution in [-0.2, 0) is 13.2 Å². The van der Waals surface area contributed by atoms with Gasteiger partial charge < -0.3 is 9.88 Å². The van der Waals surface area contributed by atoms with Crippen molar-refractivity contribution in [2.24, 2.45) is 7.05 Å². The third-order valence-corrected chi connectivity index (χ3v) is 3.22. The number of alkyl halides is 3. The maximum Gasteiger partial charge on any atom is 0.416 e. The second-order valence-corrected chi connectivity index (χ2v) is 4.75. The minimum absolute atomic E-state index is 0.224. The zero-order chi connectivity index (χ0) is 14.9. The summed E-state index contributed by atoms with van der Waals surface area (Å²) in [5, 5.41) is 3.09. The lowest BCUT2D eigenvalue weighted by Crippen LogP contribution is -2.19. The van der Waals surface area contributed by atoms with Gasteiger partial charge >= 0.3 is 6.18 Å². The van der Waals surface area contributed by atoms with Crippen molar-refractivity contribution in [1.82, 2.24) is 14.9 Å². The first kappa shape index (κ1) is 14.6. The molecular formula is C14H16F3N3. The molecule has 6 heteroatoms. The summed E-state index contributed by atoms with van der Waals surface area (Å²) >= 11 is 0. The van der Waals surface area contributed by atoms with Crippen molar-refractivity contribution in [2.75, 3.05) is 7.05 Å². The van der Waals surface area contributed by atoms with Crippen molar-refractivity contribution >= 4 is 0 Å². The molecule has 0 fully saturated rings. The summed E-state index contributed by atoms with van der Waals surface area (Å²) in [6.07, 6.45) is -0.805. The Labute approximate surface area is 115 Å². The smallest absolute Gasteiger partial charge is 0.340 e. The molecule has 1 N–H and O–H groups in total. The summed E-state index contributed by atoms with van der Waals surface area (Å²) in [4.78, 5) is 4.25. The fourth-order valence-corrected chi connectivity index (χ4v) is 2.22. The molecule has 0 spiro atoms. The van der Waals surface area contributed by atoms with E-state index in [2.05, 4.69) is 10.3 Å². The highest BCUT2D eigenvalue weighted by molar-refractivity contribution is 5.37. The second-order valence-electron chi connectivity index (χ2n) is 4.75. The Bertz CT molecular complexity index is 602. The standard InChI is InChI=1S/C14H16F3N3/c1-9-6-10(14(15,16)17)4-5-11(9)13(18-2)12-7-20(3)8-19-12/h4-8,13,18H,1-3H3. The van der Waals surface area contributed by atoms with E-state index in [9.17, 15) is 13.2 Å². The first-order valence-electron chi connectivity index (χ1n) is 6.16. The van der Waals surface area contributed by atoms with Gasteiger partial charge in [-0.3, -0.25) is 0 Å². The molecule has 0 bridgehead atoms. The van der Waals surface area contributed by atoms with Gasteiger partial charge in [0.25, 0.3) is 0 Å². The molecule has 2 rings (SSSR count). The molecule has 1 aromatic heterocycles. The van der Waals surface area contributed by atoms with Crippen LogP contribution in [0.25, 0.3) is 0 Å². The van der Waals surface area contributed by atoms with Gasteiger partial charge in [0.05, 0.1) is 23.6 Å². The van der Waals surface area contributed by atoms with Crippen LogP contribution in [0.1, 0.15) is 28.4 Å². The quantitative estimate of drug-likeness (QED) is 0.938. The highest BCUT2D eigenvalue weighted by Gasteiger charge is 2.31. The van der Waals surface area contributed by atoms with E-state index in [4.69, 9.17) is 0 Å². The number of imidazole rings is 1. The lowest BCUT2D eigenvalue weighted by atomic mass is 9.97. The number of rotatable bonds is 3. The first-order valence-corrected chi connectivity index (χ1v) is 6.16. The van der Waals surface area contributed by atoms with Gasteiger partial charge in [0.2, 0.25) is 0 Å². The molecule has 1 atom stereocenters. The van der Waals surface area contributed by atoms with Crippen LogP contribution in [-0.4, -0.2) is 16.6 Å². The van der Waals surface area contributed by atoms with E-state index in [0.717, 1.165) is 17.3 Å². The third kappa shape index (κ3) is 2.85. The van der Waals surface area contributed by atoms with Crippen molar-refractivity contribution in [3.8, 4) is 0 Å². The summed E-state index contributed by atoms with van der Waals surface area (Å²) in [6.45, 7) is 1.68. The lowest BCUT2D eigenvalue weighted by Gasteiger charge is -2.18. The molecule has 1 unspecified atom stereocenters. The average molecular weight is 283 g/mol. The number of nitrogens with zero attached hydrogens (tertiary/aromatic N) is 2. The summed E-state index contributed by atoms with van der Waals surface area (Å²) in [5.41, 5.74) is 1.52. The molecule has 2 aromatic rings. The Hall–Kier alpha value is -1.82. The van der Waals surface area contributed by atoms with E-state index in [1.807, 2.05) is 13.2 Å². The molecule has 0 saturated heterocycles. The van der Waals surface area contributed by atoms with Gasteiger partial charge in [-0.2, -0.15) is 13.2 Å². The number of halogens is 3. The van der Waals surface area contributed by atoms with Crippen molar-refractivity contribution < 1.29 is 13.2 Å². The van der Waals surface area contributed by atoms with Crippen LogP contribution in [0.3, 0.4) is 0 Å². The van der Waals surface area contributed by atoms with E-state index in [1.165, 1.54) is 12.1 Å². The summed E-state index contributed by atoms with van der Waals surface area (Å²) in [7, 11) is 3.61. The Morgan fingerprint density at radius 2 is 2.00 bits per heavy atom. The van der Waals surface area contributed by atoms with Crippen LogP contribution in [0.2, 0.25) is 0 Å².